The summed E-state index contributed by atoms with van der Waals surface area (Å²) in [6, 6.07) is 0. The van der Waals surface area contributed by atoms with E-state index >= 15 is 0 Å². The Balaban J connectivity index is 2.08. The molecule has 0 aromatic rings. The van der Waals surface area contributed by atoms with E-state index in [4.69, 9.17) is 5.11 Å². The second-order valence-corrected chi connectivity index (χ2v) is 3.11. The highest BCUT2D eigenvalue weighted by atomic mass is 16.4. The molecule has 0 amide bonds. The van der Waals surface area contributed by atoms with Crippen molar-refractivity contribution in [3.05, 3.63) is 12.2 Å². The maximum atomic E-state index is 10.5. The zero-order valence-electron chi connectivity index (χ0n) is 5.66. The molecule has 2 heteroatoms. The van der Waals surface area contributed by atoms with Crippen molar-refractivity contribution >= 4 is 5.97 Å². The molecule has 0 heterocycles. The molecule has 0 unspecified atom stereocenters. The van der Waals surface area contributed by atoms with Gasteiger partial charge in [-0.1, -0.05) is 12.2 Å². The first-order valence-corrected chi connectivity index (χ1v) is 3.70. The summed E-state index contributed by atoms with van der Waals surface area (Å²) in [5, 5.41) is 8.65. The molecule has 1 N–H and O–H groups in total. The number of hydrogen-bond acceptors (Lipinski definition) is 1. The van der Waals surface area contributed by atoms with E-state index in [1.165, 1.54) is 0 Å². The Kier molecular flexibility index (Phi) is 1.10. The van der Waals surface area contributed by atoms with Gasteiger partial charge in [-0.15, -0.1) is 0 Å². The molecule has 0 saturated heterocycles. The smallest absolute Gasteiger partial charge is 0.307 e. The summed E-state index contributed by atoms with van der Waals surface area (Å²) in [5.74, 6) is 0.203. The van der Waals surface area contributed by atoms with Gasteiger partial charge in [0.25, 0.3) is 0 Å². The summed E-state index contributed by atoms with van der Waals surface area (Å²) in [4.78, 5) is 10.5. The minimum absolute atomic E-state index is 0.0428. The van der Waals surface area contributed by atoms with E-state index in [1.807, 2.05) is 0 Å². The van der Waals surface area contributed by atoms with Crippen molar-refractivity contribution in [1.82, 2.24) is 0 Å². The summed E-state index contributed by atoms with van der Waals surface area (Å²) in [5.41, 5.74) is 0. The van der Waals surface area contributed by atoms with Crippen molar-refractivity contribution in [1.29, 1.82) is 0 Å². The summed E-state index contributed by atoms with van der Waals surface area (Å²) in [6.07, 6.45) is 6.32. The lowest BCUT2D eigenvalue weighted by molar-refractivity contribution is -0.139. The Morgan fingerprint density at radius 2 is 2.40 bits per heavy atom. The Bertz CT molecular complexity index is 195. The second kappa shape index (κ2) is 1.84. The van der Waals surface area contributed by atoms with Gasteiger partial charge in [0.15, 0.2) is 0 Å². The molecule has 54 valence electrons. The lowest BCUT2D eigenvalue weighted by Gasteiger charge is -1.96. The van der Waals surface area contributed by atoms with Gasteiger partial charge in [-0.3, -0.25) is 4.79 Å². The molecule has 3 atom stereocenters. The van der Waals surface area contributed by atoms with Crippen molar-refractivity contribution in [3.8, 4) is 0 Å². The number of carbonyl (C=O) groups is 1. The lowest BCUT2D eigenvalue weighted by atomic mass is 10.1. The van der Waals surface area contributed by atoms with Crippen molar-refractivity contribution < 1.29 is 9.90 Å². The summed E-state index contributed by atoms with van der Waals surface area (Å²) in [6.45, 7) is 0. The maximum Gasteiger partial charge on any atom is 0.307 e. The molecule has 0 radical (unpaired) electrons. The molecule has 1 fully saturated rings. The molecule has 0 spiro atoms. The normalized spacial score (nSPS) is 42.6. The molecule has 2 aliphatic carbocycles. The fraction of sp³-hybridized carbons (Fsp3) is 0.625. The molecule has 0 aromatic heterocycles. The van der Waals surface area contributed by atoms with Crippen LogP contribution in [0.15, 0.2) is 12.2 Å². The molecule has 2 rings (SSSR count). The van der Waals surface area contributed by atoms with Gasteiger partial charge in [0.1, 0.15) is 0 Å². The minimum atomic E-state index is -0.610. The molecular weight excluding hydrogens is 128 g/mol. The van der Waals surface area contributed by atoms with Gasteiger partial charge in [-0.25, -0.2) is 0 Å². The third kappa shape index (κ3) is 0.681. The SMILES string of the molecule is O=C(O)[C@@H]1[C@@H]2C=CCC[C@@H]21. The Morgan fingerprint density at radius 1 is 1.60 bits per heavy atom. The van der Waals surface area contributed by atoms with E-state index in [0.29, 0.717) is 11.8 Å². The van der Waals surface area contributed by atoms with Crippen LogP contribution in [0.25, 0.3) is 0 Å². The summed E-state index contributed by atoms with van der Waals surface area (Å²) in [7, 11) is 0. The van der Waals surface area contributed by atoms with Crippen LogP contribution in [0.2, 0.25) is 0 Å². The standard InChI is InChI=1S/C8H10O2/c9-8(10)7-5-3-1-2-4-6(5)7/h1,3,5-7H,2,4H2,(H,9,10)/t5-,6+,7-/m1/s1. The highest BCUT2D eigenvalue weighted by molar-refractivity contribution is 5.75. The highest BCUT2D eigenvalue weighted by Crippen LogP contribution is 2.52. The Hall–Kier alpha value is -0.790. The Labute approximate surface area is 59.5 Å². The first kappa shape index (κ1) is 5.96. The molecule has 1 saturated carbocycles. The molecular formula is C8H10O2. The van der Waals surface area contributed by atoms with Gasteiger partial charge >= 0.3 is 5.97 Å². The largest absolute Gasteiger partial charge is 0.481 e. The summed E-state index contributed by atoms with van der Waals surface area (Å²) < 4.78 is 0. The monoisotopic (exact) mass is 138 g/mol. The first-order chi connectivity index (χ1) is 4.80. The molecule has 2 nitrogen and oxygen atoms in total. The van der Waals surface area contributed by atoms with Crippen LogP contribution in [0.3, 0.4) is 0 Å². The van der Waals surface area contributed by atoms with E-state index in [2.05, 4.69) is 12.2 Å². The van der Waals surface area contributed by atoms with Crippen LogP contribution in [0.5, 0.6) is 0 Å². The van der Waals surface area contributed by atoms with Gasteiger partial charge in [-0.2, -0.15) is 0 Å². The maximum absolute atomic E-state index is 10.5. The predicted molar refractivity (Wildman–Crippen MR) is 36.5 cm³/mol. The van der Waals surface area contributed by atoms with E-state index in [-0.39, 0.29) is 5.92 Å². The first-order valence-electron chi connectivity index (χ1n) is 3.70. The van der Waals surface area contributed by atoms with Gasteiger partial charge in [0.2, 0.25) is 0 Å². The van der Waals surface area contributed by atoms with Crippen molar-refractivity contribution in [2.45, 2.75) is 12.8 Å². The molecule has 0 aliphatic heterocycles. The summed E-state index contributed by atoms with van der Waals surface area (Å²) >= 11 is 0. The van der Waals surface area contributed by atoms with Gasteiger partial charge < -0.3 is 5.11 Å². The number of aliphatic carboxylic acids is 1. The quantitative estimate of drug-likeness (QED) is 0.554. The zero-order chi connectivity index (χ0) is 7.14. The van der Waals surface area contributed by atoms with Gasteiger partial charge in [-0.05, 0) is 24.7 Å². The number of hydrogen-bond donors (Lipinski definition) is 1. The number of carboxylic acids is 1. The minimum Gasteiger partial charge on any atom is -0.481 e. The fourth-order valence-electron chi connectivity index (χ4n) is 1.92. The van der Waals surface area contributed by atoms with E-state index in [9.17, 15) is 4.79 Å². The van der Waals surface area contributed by atoms with Crippen molar-refractivity contribution in [3.63, 3.8) is 0 Å². The van der Waals surface area contributed by atoms with Gasteiger partial charge in [0.05, 0.1) is 5.92 Å². The van der Waals surface area contributed by atoms with Crippen LogP contribution < -0.4 is 0 Å². The lowest BCUT2D eigenvalue weighted by Crippen LogP contribution is -1.99. The highest BCUT2D eigenvalue weighted by Gasteiger charge is 2.53. The fourth-order valence-corrected chi connectivity index (χ4v) is 1.92. The average molecular weight is 138 g/mol. The average Bonchev–Trinajstić information content (AvgIpc) is 2.60. The van der Waals surface area contributed by atoms with E-state index in [0.717, 1.165) is 12.8 Å². The van der Waals surface area contributed by atoms with Crippen molar-refractivity contribution in [2.24, 2.45) is 17.8 Å². The number of allylic oxidation sites excluding steroid dienone is 2. The third-order valence-electron chi connectivity index (χ3n) is 2.54. The number of carboxylic acid groups (broad SMARTS) is 1. The zero-order valence-corrected chi connectivity index (χ0v) is 5.66. The molecule has 0 bridgehead atoms. The number of rotatable bonds is 1. The second-order valence-electron chi connectivity index (χ2n) is 3.11. The molecule has 10 heavy (non-hydrogen) atoms. The third-order valence-corrected chi connectivity index (χ3v) is 2.54. The van der Waals surface area contributed by atoms with Crippen LogP contribution in [-0.4, -0.2) is 11.1 Å². The van der Waals surface area contributed by atoms with Crippen LogP contribution in [-0.2, 0) is 4.79 Å². The Morgan fingerprint density at radius 3 is 2.90 bits per heavy atom. The number of fused-ring (bicyclic) bond motifs is 1. The predicted octanol–water partition coefficient (Wildman–Crippen LogP) is 1.28. The van der Waals surface area contributed by atoms with Crippen LogP contribution in [0.4, 0.5) is 0 Å². The van der Waals surface area contributed by atoms with Crippen LogP contribution >= 0.6 is 0 Å². The van der Waals surface area contributed by atoms with Crippen molar-refractivity contribution in [2.75, 3.05) is 0 Å². The topological polar surface area (TPSA) is 37.3 Å². The van der Waals surface area contributed by atoms with Crippen LogP contribution in [0.1, 0.15) is 12.8 Å². The molecule has 2 aliphatic rings. The van der Waals surface area contributed by atoms with E-state index in [1.54, 1.807) is 0 Å². The van der Waals surface area contributed by atoms with Crippen LogP contribution in [0, 0.1) is 17.8 Å². The van der Waals surface area contributed by atoms with Gasteiger partial charge in [0, 0.05) is 0 Å². The van der Waals surface area contributed by atoms with E-state index < -0.39 is 5.97 Å². The molecule has 0 aromatic carbocycles.